The maximum Gasteiger partial charge on any atom is 0.274 e. The molecule has 26 heavy (non-hydrogen) atoms. The Kier molecular flexibility index (Phi) is 5.50. The summed E-state index contributed by atoms with van der Waals surface area (Å²) in [6.45, 7) is 2.69. The van der Waals surface area contributed by atoms with Crippen LogP contribution in [0.1, 0.15) is 22.8 Å². The lowest BCUT2D eigenvalue weighted by atomic mass is 10.1. The molecule has 0 unspecified atom stereocenters. The van der Waals surface area contributed by atoms with E-state index < -0.39 is 5.91 Å². The Morgan fingerprint density at radius 2 is 2.04 bits per heavy atom. The average Bonchev–Trinajstić information content (AvgIpc) is 3.08. The van der Waals surface area contributed by atoms with Crippen LogP contribution in [0.15, 0.2) is 48.0 Å². The van der Waals surface area contributed by atoms with Gasteiger partial charge in [-0.1, -0.05) is 35.1 Å². The van der Waals surface area contributed by atoms with Gasteiger partial charge < -0.3 is 10.1 Å². The van der Waals surface area contributed by atoms with Gasteiger partial charge in [0, 0.05) is 12.1 Å². The van der Waals surface area contributed by atoms with Crippen LogP contribution in [0.2, 0.25) is 0 Å². The van der Waals surface area contributed by atoms with E-state index in [1.807, 2.05) is 43.3 Å². The van der Waals surface area contributed by atoms with Crippen molar-refractivity contribution in [3.63, 3.8) is 0 Å². The molecule has 0 atom stereocenters. The van der Waals surface area contributed by atoms with Crippen molar-refractivity contribution < 1.29 is 14.7 Å². The van der Waals surface area contributed by atoms with Gasteiger partial charge in [0.05, 0.1) is 17.3 Å². The lowest BCUT2D eigenvalue weighted by molar-refractivity contribution is 0.0706. The van der Waals surface area contributed by atoms with Crippen molar-refractivity contribution in [2.75, 3.05) is 19.0 Å². The Hall–Kier alpha value is -2.90. The number of benzene rings is 2. The number of carbonyl (C=O) groups excluding carboxylic acids is 1. The molecule has 1 aromatic heterocycles. The number of anilines is 1. The average molecular weight is 369 g/mol. The monoisotopic (exact) mass is 369 g/mol. The first-order valence-corrected chi connectivity index (χ1v) is 8.81. The second-order valence-corrected chi connectivity index (χ2v) is 6.79. The zero-order valence-corrected chi connectivity index (χ0v) is 15.3. The van der Waals surface area contributed by atoms with Crippen LogP contribution < -0.4 is 15.5 Å². The molecule has 2 aromatic carbocycles. The van der Waals surface area contributed by atoms with Gasteiger partial charge in [-0.05, 0) is 42.8 Å². The number of carbonyl (C=O) groups is 1. The van der Waals surface area contributed by atoms with Gasteiger partial charge in [-0.3, -0.25) is 10.0 Å². The first-order chi connectivity index (χ1) is 12.6. The molecule has 0 aliphatic heterocycles. The molecule has 0 spiro atoms. The summed E-state index contributed by atoms with van der Waals surface area (Å²) in [5, 5.41) is 12.8. The predicted octanol–water partition coefficient (Wildman–Crippen LogP) is 3.94. The number of hydrogen-bond donors (Lipinski definition) is 3. The second-order valence-electron chi connectivity index (χ2n) is 5.76. The summed E-state index contributed by atoms with van der Waals surface area (Å²) < 4.78 is 6.31. The van der Waals surface area contributed by atoms with Gasteiger partial charge in [-0.2, -0.15) is 0 Å². The highest BCUT2D eigenvalue weighted by Crippen LogP contribution is 2.29. The number of aromatic nitrogens is 1. The van der Waals surface area contributed by atoms with E-state index in [0.29, 0.717) is 12.1 Å². The van der Waals surface area contributed by atoms with Crippen LogP contribution in [0.5, 0.6) is 5.75 Å². The van der Waals surface area contributed by atoms with Gasteiger partial charge in [0.15, 0.2) is 5.13 Å². The Bertz CT molecular complexity index is 948. The number of rotatable bonds is 6. The van der Waals surface area contributed by atoms with Gasteiger partial charge in [-0.25, -0.2) is 10.5 Å². The number of hydroxylamine groups is 1. The van der Waals surface area contributed by atoms with Gasteiger partial charge in [0.25, 0.3) is 5.91 Å². The number of methoxy groups -OCH3 is 1. The van der Waals surface area contributed by atoms with Crippen LogP contribution in [0.4, 0.5) is 5.13 Å². The molecule has 0 aliphatic rings. The molecule has 0 saturated heterocycles. The van der Waals surface area contributed by atoms with E-state index in [1.54, 1.807) is 36.1 Å². The first kappa shape index (κ1) is 17.9. The molecule has 0 fully saturated rings. The Morgan fingerprint density at radius 3 is 2.73 bits per heavy atom. The minimum absolute atomic E-state index is 0.408. The van der Waals surface area contributed by atoms with Gasteiger partial charge in [0.1, 0.15) is 5.75 Å². The van der Waals surface area contributed by atoms with E-state index in [1.165, 1.54) is 0 Å². The SMILES string of the molecule is COc1ccc2nc(NC/C(C)=C/c3ccc(C(=O)NO)cc3)sc2c1. The normalized spacial score (nSPS) is 11.4. The Labute approximate surface area is 155 Å². The molecule has 1 heterocycles. The van der Waals surface area contributed by atoms with E-state index in [4.69, 9.17) is 9.94 Å². The standard InChI is InChI=1S/C19H19N3O3S/c1-12(9-13-3-5-14(6-4-13)18(23)22-24)11-20-19-21-16-8-7-15(25-2)10-17(16)26-19/h3-10,24H,11H2,1-2H3,(H,20,21)(H,22,23)/b12-9+. The zero-order valence-electron chi connectivity index (χ0n) is 14.4. The van der Waals surface area contributed by atoms with Crippen LogP contribution in [0, 0.1) is 0 Å². The second kappa shape index (κ2) is 7.99. The highest BCUT2D eigenvalue weighted by molar-refractivity contribution is 7.22. The third-order valence-corrected chi connectivity index (χ3v) is 4.78. The Morgan fingerprint density at radius 1 is 1.27 bits per heavy atom. The summed E-state index contributed by atoms with van der Waals surface area (Å²) in [5.74, 6) is 0.300. The number of ether oxygens (including phenoxy) is 1. The largest absolute Gasteiger partial charge is 0.497 e. The fourth-order valence-corrected chi connectivity index (χ4v) is 3.34. The fraction of sp³-hybridized carbons (Fsp3) is 0.158. The Balaban J connectivity index is 1.65. The highest BCUT2D eigenvalue weighted by atomic mass is 32.1. The third-order valence-electron chi connectivity index (χ3n) is 3.80. The highest BCUT2D eigenvalue weighted by Gasteiger charge is 2.05. The molecule has 1 amide bonds. The molecule has 0 radical (unpaired) electrons. The molecule has 3 aromatic rings. The van der Waals surface area contributed by atoms with Crippen LogP contribution in [-0.4, -0.2) is 29.8 Å². The number of hydrogen-bond acceptors (Lipinski definition) is 6. The van der Waals surface area contributed by atoms with E-state index in [2.05, 4.69) is 10.3 Å². The molecule has 0 aliphatic carbocycles. The number of amides is 1. The molecular formula is C19H19N3O3S. The van der Waals surface area contributed by atoms with Crippen molar-refractivity contribution in [2.24, 2.45) is 0 Å². The molecule has 7 heteroatoms. The summed E-state index contributed by atoms with van der Waals surface area (Å²) in [7, 11) is 1.65. The summed E-state index contributed by atoms with van der Waals surface area (Å²) in [4.78, 5) is 15.9. The quantitative estimate of drug-likeness (QED) is 0.453. The molecule has 6 nitrogen and oxygen atoms in total. The van der Waals surface area contributed by atoms with E-state index in [-0.39, 0.29) is 0 Å². The topological polar surface area (TPSA) is 83.5 Å². The van der Waals surface area contributed by atoms with Crippen molar-refractivity contribution in [3.8, 4) is 5.75 Å². The van der Waals surface area contributed by atoms with E-state index in [0.717, 1.165) is 32.2 Å². The molecular weight excluding hydrogens is 350 g/mol. The third kappa shape index (κ3) is 4.19. The molecule has 134 valence electrons. The molecule has 0 saturated carbocycles. The zero-order chi connectivity index (χ0) is 18.5. The minimum Gasteiger partial charge on any atom is -0.497 e. The van der Waals surface area contributed by atoms with Gasteiger partial charge >= 0.3 is 0 Å². The first-order valence-electron chi connectivity index (χ1n) is 7.99. The lowest BCUT2D eigenvalue weighted by Crippen LogP contribution is -2.18. The van der Waals surface area contributed by atoms with Crippen LogP contribution in [0.3, 0.4) is 0 Å². The number of fused-ring (bicyclic) bond motifs is 1. The lowest BCUT2D eigenvalue weighted by Gasteiger charge is -2.04. The number of thiazole rings is 1. The smallest absolute Gasteiger partial charge is 0.274 e. The van der Waals surface area contributed by atoms with E-state index >= 15 is 0 Å². The van der Waals surface area contributed by atoms with Gasteiger partial charge in [0.2, 0.25) is 0 Å². The molecule has 3 N–H and O–H groups in total. The van der Waals surface area contributed by atoms with Crippen molar-refractivity contribution in [1.29, 1.82) is 0 Å². The van der Waals surface area contributed by atoms with Crippen LogP contribution in [-0.2, 0) is 0 Å². The van der Waals surface area contributed by atoms with Gasteiger partial charge in [-0.15, -0.1) is 0 Å². The summed E-state index contributed by atoms with van der Waals surface area (Å²) >= 11 is 1.59. The summed E-state index contributed by atoms with van der Waals surface area (Å²) in [6, 6.07) is 12.8. The predicted molar refractivity (Wildman–Crippen MR) is 104 cm³/mol. The van der Waals surface area contributed by atoms with Crippen molar-refractivity contribution in [3.05, 3.63) is 59.2 Å². The number of nitrogens with one attached hydrogen (secondary N) is 2. The summed E-state index contributed by atoms with van der Waals surface area (Å²) in [6.07, 6.45) is 2.03. The van der Waals surface area contributed by atoms with Crippen LogP contribution >= 0.6 is 11.3 Å². The maximum atomic E-state index is 11.3. The minimum atomic E-state index is -0.522. The maximum absolute atomic E-state index is 11.3. The van der Waals surface area contributed by atoms with E-state index in [9.17, 15) is 4.79 Å². The number of nitrogens with zero attached hydrogens (tertiary/aromatic N) is 1. The molecule has 3 rings (SSSR count). The molecule has 0 bridgehead atoms. The van der Waals surface area contributed by atoms with Crippen molar-refractivity contribution in [2.45, 2.75) is 6.92 Å². The van der Waals surface area contributed by atoms with Crippen molar-refractivity contribution >= 4 is 38.7 Å². The van der Waals surface area contributed by atoms with Crippen LogP contribution in [0.25, 0.3) is 16.3 Å². The fourth-order valence-electron chi connectivity index (χ4n) is 2.45. The van der Waals surface area contributed by atoms with Crippen molar-refractivity contribution in [1.82, 2.24) is 10.5 Å². The summed E-state index contributed by atoms with van der Waals surface area (Å²) in [5.41, 5.74) is 5.08.